The molecule has 0 aromatic carbocycles. The lowest BCUT2D eigenvalue weighted by molar-refractivity contribution is -0.170. The number of unbranched alkanes of at least 4 members (excludes halogenated alkanes) is 3. The van der Waals surface area contributed by atoms with Crippen LogP contribution in [0.25, 0.3) is 0 Å². The van der Waals surface area contributed by atoms with Gasteiger partial charge in [-0.15, -0.1) is 6.42 Å². The van der Waals surface area contributed by atoms with E-state index in [0.29, 0.717) is 42.3 Å². The van der Waals surface area contributed by atoms with Crippen LogP contribution in [0.2, 0.25) is 0 Å². The lowest BCUT2D eigenvalue weighted by Gasteiger charge is -2.55. The normalized spacial score (nSPS) is 39.9. The number of ketones is 1. The molecule has 0 saturated heterocycles. The number of terminal acetylenes is 1. The molecule has 3 nitrogen and oxygen atoms in total. The number of ether oxygens (including phenoxy) is 1. The zero-order chi connectivity index (χ0) is 21.4. The largest absolute Gasteiger partial charge is 0.445 e. The molecule has 0 radical (unpaired) electrons. The predicted octanol–water partition coefficient (Wildman–Crippen LogP) is 6.01. The molecule has 0 amide bonds. The summed E-state index contributed by atoms with van der Waals surface area (Å²) >= 11 is 0. The Kier molecular flexibility index (Phi) is 6.16. The molecule has 3 fully saturated rings. The number of carbonyl (C=O) groups excluding carboxylic acids is 2. The van der Waals surface area contributed by atoms with Gasteiger partial charge in [0.05, 0.1) is 0 Å². The van der Waals surface area contributed by atoms with Crippen molar-refractivity contribution in [3.63, 3.8) is 0 Å². The fourth-order valence-electron chi connectivity index (χ4n) is 7.55. The van der Waals surface area contributed by atoms with Gasteiger partial charge in [-0.3, -0.25) is 9.59 Å². The summed E-state index contributed by atoms with van der Waals surface area (Å²) in [6.45, 7) is 4.48. The van der Waals surface area contributed by atoms with Crippen LogP contribution in [0.15, 0.2) is 11.6 Å². The number of allylic oxidation sites excluding steroid dienone is 1. The Bertz CT molecular complexity index is 759. The highest BCUT2D eigenvalue weighted by Gasteiger charge is 2.64. The summed E-state index contributed by atoms with van der Waals surface area (Å²) in [6, 6.07) is 0. The van der Waals surface area contributed by atoms with E-state index in [0.717, 1.165) is 64.2 Å². The van der Waals surface area contributed by atoms with Crippen molar-refractivity contribution in [3.05, 3.63) is 11.6 Å². The number of carbonyl (C=O) groups is 2. The van der Waals surface area contributed by atoms with Crippen LogP contribution in [-0.2, 0) is 14.3 Å². The van der Waals surface area contributed by atoms with Gasteiger partial charge in [-0.2, -0.15) is 0 Å². The molecule has 4 aliphatic rings. The quantitative estimate of drug-likeness (QED) is 0.306. The standard InChI is InChI=1S/C27H38O3/c1-4-6-7-8-9-25(29)30-27(5-2)17-15-24-23-12-10-19-18-20(28)11-13-21(19)22(23)14-16-26(24,27)3/h2,18,21-24H,4,6-17H2,1,3H3/t21-,22+,23+,24-,26-,27-/m0/s1. The molecule has 0 spiro atoms. The molecule has 0 aromatic heterocycles. The summed E-state index contributed by atoms with van der Waals surface area (Å²) in [5.41, 5.74) is 0.562. The molecule has 6 atom stereocenters. The van der Waals surface area contributed by atoms with E-state index in [-0.39, 0.29) is 11.4 Å². The van der Waals surface area contributed by atoms with Gasteiger partial charge in [0, 0.05) is 18.3 Å². The fraction of sp³-hybridized carbons (Fsp3) is 0.778. The monoisotopic (exact) mass is 410 g/mol. The summed E-state index contributed by atoms with van der Waals surface area (Å²) in [5, 5.41) is 0. The van der Waals surface area contributed by atoms with Crippen LogP contribution in [0.4, 0.5) is 0 Å². The molecule has 0 aliphatic heterocycles. The topological polar surface area (TPSA) is 43.4 Å². The van der Waals surface area contributed by atoms with Crippen molar-refractivity contribution >= 4 is 11.8 Å². The van der Waals surface area contributed by atoms with E-state index in [4.69, 9.17) is 11.2 Å². The van der Waals surface area contributed by atoms with Gasteiger partial charge in [0.15, 0.2) is 11.4 Å². The van der Waals surface area contributed by atoms with Crippen molar-refractivity contribution in [2.45, 2.75) is 103 Å². The maximum atomic E-state index is 12.7. The van der Waals surface area contributed by atoms with Gasteiger partial charge >= 0.3 is 5.97 Å². The van der Waals surface area contributed by atoms with Crippen LogP contribution in [0, 0.1) is 41.4 Å². The van der Waals surface area contributed by atoms with Gasteiger partial charge in [-0.05, 0) is 81.1 Å². The lowest BCUT2D eigenvalue weighted by Crippen LogP contribution is -2.53. The Morgan fingerprint density at radius 2 is 1.97 bits per heavy atom. The van der Waals surface area contributed by atoms with E-state index >= 15 is 0 Å². The molecule has 4 aliphatic carbocycles. The zero-order valence-corrected chi connectivity index (χ0v) is 18.9. The van der Waals surface area contributed by atoms with Crippen molar-refractivity contribution in [1.82, 2.24) is 0 Å². The van der Waals surface area contributed by atoms with Crippen molar-refractivity contribution in [2.75, 3.05) is 0 Å². The van der Waals surface area contributed by atoms with Gasteiger partial charge in [0.2, 0.25) is 0 Å². The molecule has 0 N–H and O–H groups in total. The summed E-state index contributed by atoms with van der Waals surface area (Å²) in [6.07, 6.45) is 20.9. The first-order chi connectivity index (χ1) is 14.4. The molecule has 3 heteroatoms. The number of esters is 1. The van der Waals surface area contributed by atoms with Crippen molar-refractivity contribution in [3.8, 4) is 12.3 Å². The highest BCUT2D eigenvalue weighted by atomic mass is 16.6. The van der Waals surface area contributed by atoms with Crippen LogP contribution in [0.5, 0.6) is 0 Å². The molecule has 0 aromatic rings. The molecule has 0 heterocycles. The molecular formula is C27H38O3. The van der Waals surface area contributed by atoms with E-state index in [1.54, 1.807) is 0 Å². The van der Waals surface area contributed by atoms with E-state index in [1.807, 2.05) is 6.08 Å². The van der Waals surface area contributed by atoms with Crippen LogP contribution >= 0.6 is 0 Å². The van der Waals surface area contributed by atoms with Gasteiger partial charge in [-0.1, -0.05) is 44.6 Å². The Hall–Kier alpha value is -1.56. The highest BCUT2D eigenvalue weighted by molar-refractivity contribution is 5.91. The van der Waals surface area contributed by atoms with Crippen LogP contribution in [0.3, 0.4) is 0 Å². The van der Waals surface area contributed by atoms with Crippen molar-refractivity contribution in [1.29, 1.82) is 0 Å². The molecule has 3 saturated carbocycles. The Morgan fingerprint density at radius 3 is 2.73 bits per heavy atom. The van der Waals surface area contributed by atoms with Gasteiger partial charge in [-0.25, -0.2) is 0 Å². The average molecular weight is 411 g/mol. The second kappa shape index (κ2) is 8.52. The average Bonchev–Trinajstić information content (AvgIpc) is 3.03. The predicted molar refractivity (Wildman–Crippen MR) is 119 cm³/mol. The zero-order valence-electron chi connectivity index (χ0n) is 18.9. The second-order valence-corrected chi connectivity index (χ2v) is 10.6. The number of hydrogen-bond donors (Lipinski definition) is 0. The van der Waals surface area contributed by atoms with Crippen molar-refractivity contribution < 1.29 is 14.3 Å². The van der Waals surface area contributed by atoms with E-state index in [1.165, 1.54) is 12.0 Å². The Morgan fingerprint density at radius 1 is 1.13 bits per heavy atom. The first-order valence-corrected chi connectivity index (χ1v) is 12.4. The molecule has 30 heavy (non-hydrogen) atoms. The third kappa shape index (κ3) is 3.55. The molecule has 164 valence electrons. The Balaban J connectivity index is 1.49. The van der Waals surface area contributed by atoms with Crippen LogP contribution in [0.1, 0.15) is 97.3 Å². The van der Waals surface area contributed by atoms with Gasteiger partial charge in [0.25, 0.3) is 0 Å². The molecule has 0 unspecified atom stereocenters. The third-order valence-electron chi connectivity index (χ3n) is 9.18. The number of hydrogen-bond acceptors (Lipinski definition) is 3. The third-order valence-corrected chi connectivity index (χ3v) is 9.18. The van der Waals surface area contributed by atoms with Crippen LogP contribution < -0.4 is 0 Å². The SMILES string of the molecule is C#C[C@]1(OC(=O)CCCCCC)CC[C@H]2[C@@H]3CCC4=CC(=O)CC[C@@H]4[C@H]3CC[C@@]21C. The minimum Gasteiger partial charge on any atom is -0.445 e. The summed E-state index contributed by atoms with van der Waals surface area (Å²) in [4.78, 5) is 24.6. The number of rotatable bonds is 6. The first kappa shape index (κ1) is 21.7. The lowest BCUT2D eigenvalue weighted by atomic mass is 9.50. The smallest absolute Gasteiger partial charge is 0.307 e. The maximum Gasteiger partial charge on any atom is 0.307 e. The maximum absolute atomic E-state index is 12.7. The summed E-state index contributed by atoms with van der Waals surface area (Å²) < 4.78 is 6.17. The van der Waals surface area contributed by atoms with Crippen LogP contribution in [-0.4, -0.2) is 17.4 Å². The first-order valence-electron chi connectivity index (χ1n) is 12.4. The summed E-state index contributed by atoms with van der Waals surface area (Å²) in [7, 11) is 0. The van der Waals surface area contributed by atoms with Crippen molar-refractivity contribution in [2.24, 2.45) is 29.1 Å². The van der Waals surface area contributed by atoms with Gasteiger partial charge < -0.3 is 4.74 Å². The van der Waals surface area contributed by atoms with E-state index in [2.05, 4.69) is 19.8 Å². The summed E-state index contributed by atoms with van der Waals surface area (Å²) in [5.74, 6) is 5.67. The van der Waals surface area contributed by atoms with Gasteiger partial charge in [0.1, 0.15) is 0 Å². The fourth-order valence-corrected chi connectivity index (χ4v) is 7.55. The Labute approximate surface area is 182 Å². The molecule has 0 bridgehead atoms. The van der Waals surface area contributed by atoms with E-state index in [9.17, 15) is 9.59 Å². The number of fused-ring (bicyclic) bond motifs is 5. The highest BCUT2D eigenvalue weighted by Crippen LogP contribution is 2.65. The second-order valence-electron chi connectivity index (χ2n) is 10.6. The minimum atomic E-state index is -0.733. The minimum absolute atomic E-state index is 0.104. The molecular weight excluding hydrogens is 372 g/mol. The van der Waals surface area contributed by atoms with E-state index < -0.39 is 5.60 Å². The molecule has 4 rings (SSSR count).